The zero-order valence-corrected chi connectivity index (χ0v) is 21.0. The van der Waals surface area contributed by atoms with Crippen LogP contribution in [0.3, 0.4) is 0 Å². The summed E-state index contributed by atoms with van der Waals surface area (Å²) in [6.45, 7) is 9.98. The first-order valence-corrected chi connectivity index (χ1v) is 12.7. The van der Waals surface area contributed by atoms with Crippen LogP contribution in [0.4, 0.5) is 5.69 Å². The number of carboxylic acid groups (broad SMARTS) is 1. The molecule has 1 unspecified atom stereocenters. The zero-order chi connectivity index (χ0) is 25.1. The molecule has 2 aliphatic carbocycles. The van der Waals surface area contributed by atoms with E-state index in [1.165, 1.54) is 6.42 Å². The Labute approximate surface area is 207 Å². The van der Waals surface area contributed by atoms with E-state index in [1.54, 1.807) is 6.08 Å². The molecule has 3 N–H and O–H groups in total. The number of carbonyl (C=O) groups is 2. The van der Waals surface area contributed by atoms with Gasteiger partial charge in [0.1, 0.15) is 11.5 Å². The number of nitrogens with one attached hydrogen (secondary N) is 2. The number of hydrogen-bond acceptors (Lipinski definition) is 5. The Hall–Kier alpha value is -2.93. The number of anilines is 1. The van der Waals surface area contributed by atoms with Gasteiger partial charge in [-0.3, -0.25) is 14.9 Å². The highest BCUT2D eigenvalue weighted by molar-refractivity contribution is 5.92. The van der Waals surface area contributed by atoms with Crippen LogP contribution in [0.25, 0.3) is 6.08 Å². The maximum Gasteiger partial charge on any atom is 0.317 e. The number of aromatic nitrogens is 1. The summed E-state index contributed by atoms with van der Waals surface area (Å²) < 4.78 is 5.91. The Bertz CT molecular complexity index is 1080. The van der Waals surface area contributed by atoms with Crippen molar-refractivity contribution in [2.75, 3.05) is 11.9 Å². The average Bonchev–Trinajstić information content (AvgIpc) is 3.53. The number of nitrogens with zero attached hydrogens (tertiary/aromatic N) is 1. The molecule has 2 aromatic rings. The Morgan fingerprint density at radius 1 is 1.26 bits per heavy atom. The van der Waals surface area contributed by atoms with Gasteiger partial charge in [0.2, 0.25) is 5.91 Å². The molecule has 1 amide bonds. The molecule has 7 heteroatoms. The molecule has 1 aromatic carbocycles. The highest BCUT2D eigenvalue weighted by Crippen LogP contribution is 2.52. The minimum absolute atomic E-state index is 0.0717. The fourth-order valence-electron chi connectivity index (χ4n) is 5.28. The molecule has 2 aliphatic rings. The zero-order valence-electron chi connectivity index (χ0n) is 21.0. The summed E-state index contributed by atoms with van der Waals surface area (Å²) in [6.07, 6.45) is 7.44. The predicted molar refractivity (Wildman–Crippen MR) is 136 cm³/mol. The molecule has 0 bridgehead atoms. The van der Waals surface area contributed by atoms with E-state index < -0.39 is 12.0 Å². The molecule has 0 spiro atoms. The first-order valence-electron chi connectivity index (χ1n) is 12.7. The lowest BCUT2D eigenvalue weighted by molar-refractivity contribution is -0.136. The van der Waals surface area contributed by atoms with Gasteiger partial charge in [0.05, 0.1) is 12.6 Å². The summed E-state index contributed by atoms with van der Waals surface area (Å²) in [6, 6.07) is 5.19. The van der Waals surface area contributed by atoms with E-state index in [4.69, 9.17) is 4.52 Å². The summed E-state index contributed by atoms with van der Waals surface area (Å²) in [4.78, 5) is 24.3. The van der Waals surface area contributed by atoms with Crippen molar-refractivity contribution in [3.05, 3.63) is 52.9 Å². The second kappa shape index (κ2) is 10.8. The average molecular weight is 480 g/mol. The van der Waals surface area contributed by atoms with Crippen LogP contribution in [0.15, 0.2) is 29.3 Å². The topological polar surface area (TPSA) is 104 Å². The summed E-state index contributed by atoms with van der Waals surface area (Å²) >= 11 is 0. The molecule has 0 aliphatic heterocycles. The maximum absolute atomic E-state index is 13.0. The van der Waals surface area contributed by atoms with E-state index in [0.717, 1.165) is 59.7 Å². The molecule has 2 fully saturated rings. The van der Waals surface area contributed by atoms with Crippen LogP contribution < -0.4 is 10.6 Å². The molecular formula is C28H37N3O4. The first kappa shape index (κ1) is 25.2. The smallest absolute Gasteiger partial charge is 0.317 e. The fraction of sp³-hybridized carbons (Fsp3) is 0.536. The third-order valence-electron chi connectivity index (χ3n) is 7.16. The number of amides is 1. The number of aryl methyl sites for hydroxylation is 1. The quantitative estimate of drug-likeness (QED) is 0.356. The number of aliphatic carboxylic acids is 1. The van der Waals surface area contributed by atoms with E-state index in [-0.39, 0.29) is 18.9 Å². The van der Waals surface area contributed by atoms with E-state index in [0.29, 0.717) is 23.4 Å². The van der Waals surface area contributed by atoms with Gasteiger partial charge in [0, 0.05) is 23.6 Å². The number of benzene rings is 1. The predicted octanol–water partition coefficient (Wildman–Crippen LogP) is 5.79. The second-order valence-corrected chi connectivity index (χ2v) is 10.6. The molecular weight excluding hydrogens is 442 g/mol. The van der Waals surface area contributed by atoms with Gasteiger partial charge in [-0.05, 0) is 80.0 Å². The van der Waals surface area contributed by atoms with Gasteiger partial charge in [-0.2, -0.15) is 0 Å². The van der Waals surface area contributed by atoms with E-state index in [9.17, 15) is 14.7 Å². The largest absolute Gasteiger partial charge is 0.480 e. The molecule has 2 saturated carbocycles. The van der Waals surface area contributed by atoms with Crippen molar-refractivity contribution >= 4 is 23.6 Å². The van der Waals surface area contributed by atoms with Crippen LogP contribution in [0, 0.1) is 18.8 Å². The van der Waals surface area contributed by atoms with Crippen LogP contribution in [-0.4, -0.2) is 28.7 Å². The van der Waals surface area contributed by atoms with Gasteiger partial charge in [-0.15, -0.1) is 0 Å². The summed E-state index contributed by atoms with van der Waals surface area (Å²) in [5.41, 5.74) is 4.46. The third-order valence-corrected chi connectivity index (χ3v) is 7.16. The number of rotatable bonds is 12. The summed E-state index contributed by atoms with van der Waals surface area (Å²) in [5.74, 6) is 1.96. The SMILES string of the molecule is C=Cc1ccc(NC(=O)CC(NCC(=O)O)c2noc(C3CC(CC(C)C)C3)c2C2CC2)c(C)c1. The summed E-state index contributed by atoms with van der Waals surface area (Å²) in [7, 11) is 0. The Balaban J connectivity index is 1.51. The number of hydrogen-bond donors (Lipinski definition) is 3. The van der Waals surface area contributed by atoms with Crippen LogP contribution in [-0.2, 0) is 9.59 Å². The van der Waals surface area contributed by atoms with Crippen molar-refractivity contribution in [1.29, 1.82) is 0 Å². The molecule has 0 saturated heterocycles. The second-order valence-electron chi connectivity index (χ2n) is 10.6. The lowest BCUT2D eigenvalue weighted by atomic mass is 9.69. The van der Waals surface area contributed by atoms with Crippen LogP contribution in [0.5, 0.6) is 0 Å². The molecule has 4 rings (SSSR count). The van der Waals surface area contributed by atoms with Crippen molar-refractivity contribution in [2.45, 2.75) is 77.2 Å². The van der Waals surface area contributed by atoms with Gasteiger partial charge in [0.25, 0.3) is 0 Å². The van der Waals surface area contributed by atoms with Gasteiger partial charge < -0.3 is 14.9 Å². The highest BCUT2D eigenvalue weighted by atomic mass is 16.5. The van der Waals surface area contributed by atoms with Crippen molar-refractivity contribution in [2.24, 2.45) is 11.8 Å². The Morgan fingerprint density at radius 3 is 2.60 bits per heavy atom. The van der Waals surface area contributed by atoms with E-state index >= 15 is 0 Å². The number of carbonyl (C=O) groups excluding carboxylic acids is 1. The fourth-order valence-corrected chi connectivity index (χ4v) is 5.28. The first-order chi connectivity index (χ1) is 16.7. The normalized spacial score (nSPS) is 20.3. The molecule has 7 nitrogen and oxygen atoms in total. The van der Waals surface area contributed by atoms with Crippen molar-refractivity contribution < 1.29 is 19.2 Å². The monoisotopic (exact) mass is 479 g/mol. The molecule has 1 atom stereocenters. The maximum atomic E-state index is 13.0. The Morgan fingerprint density at radius 2 is 2.00 bits per heavy atom. The standard InChI is InChI=1S/C28H37N3O4/c1-5-18-6-9-22(17(4)11-18)30-24(32)14-23(29-15-25(33)34)27-26(20-7-8-20)28(35-31-27)21-12-19(13-21)10-16(2)3/h5-6,9,11,16,19-21,23,29H,1,7-8,10,12-15H2,2-4H3,(H,30,32)(H,33,34). The minimum Gasteiger partial charge on any atom is -0.480 e. The molecule has 0 radical (unpaired) electrons. The number of carboxylic acids is 1. The van der Waals surface area contributed by atoms with Crippen molar-refractivity contribution in [3.8, 4) is 0 Å². The van der Waals surface area contributed by atoms with Gasteiger partial charge >= 0.3 is 5.97 Å². The van der Waals surface area contributed by atoms with Crippen LogP contribution in [0.1, 0.15) is 98.4 Å². The minimum atomic E-state index is -0.974. The van der Waals surface area contributed by atoms with E-state index in [2.05, 4.69) is 36.2 Å². The van der Waals surface area contributed by atoms with Gasteiger partial charge in [0.15, 0.2) is 0 Å². The molecule has 1 heterocycles. The lowest BCUT2D eigenvalue weighted by Crippen LogP contribution is -2.31. The van der Waals surface area contributed by atoms with Crippen molar-refractivity contribution in [1.82, 2.24) is 10.5 Å². The van der Waals surface area contributed by atoms with Gasteiger partial charge in [-0.1, -0.05) is 37.7 Å². The third kappa shape index (κ3) is 6.20. The lowest BCUT2D eigenvalue weighted by Gasteiger charge is -2.35. The van der Waals surface area contributed by atoms with Crippen molar-refractivity contribution in [3.63, 3.8) is 0 Å². The Kier molecular flexibility index (Phi) is 7.75. The van der Waals surface area contributed by atoms with Crippen LogP contribution in [0.2, 0.25) is 0 Å². The molecule has 1 aromatic heterocycles. The molecule has 188 valence electrons. The van der Waals surface area contributed by atoms with Crippen LogP contribution >= 0.6 is 0 Å². The highest BCUT2D eigenvalue weighted by Gasteiger charge is 2.41. The summed E-state index contributed by atoms with van der Waals surface area (Å²) in [5, 5.41) is 19.7. The van der Waals surface area contributed by atoms with E-state index in [1.807, 2.05) is 25.1 Å². The molecule has 35 heavy (non-hydrogen) atoms. The van der Waals surface area contributed by atoms with Gasteiger partial charge in [-0.25, -0.2) is 0 Å².